The van der Waals surface area contributed by atoms with Crippen LogP contribution in [0.1, 0.15) is 29.7 Å². The average Bonchev–Trinajstić information content (AvgIpc) is 2.79. The second-order valence-corrected chi connectivity index (χ2v) is 4.53. The highest BCUT2D eigenvalue weighted by molar-refractivity contribution is 7.97. The number of aliphatic hydroxyl groups excluding tert-OH is 1. The van der Waals surface area contributed by atoms with Gasteiger partial charge in [-0.15, -0.1) is 0 Å². The first-order valence-corrected chi connectivity index (χ1v) is 7.10. The van der Waals surface area contributed by atoms with Gasteiger partial charge in [0.25, 0.3) is 5.91 Å². The van der Waals surface area contributed by atoms with Gasteiger partial charge in [0.15, 0.2) is 5.76 Å². The van der Waals surface area contributed by atoms with Crippen LogP contribution < -0.4 is 0 Å². The summed E-state index contributed by atoms with van der Waals surface area (Å²) in [5.74, 6) is 1.87. The molecule has 1 aromatic heterocycles. The Morgan fingerprint density at radius 1 is 1.53 bits per heavy atom. The summed E-state index contributed by atoms with van der Waals surface area (Å²) in [5, 5.41) is 8.77. The van der Waals surface area contributed by atoms with E-state index in [-0.39, 0.29) is 12.5 Å². The summed E-state index contributed by atoms with van der Waals surface area (Å²) in [4.78, 5) is 13.7. The van der Waals surface area contributed by atoms with Crippen molar-refractivity contribution in [3.8, 4) is 0 Å². The van der Waals surface area contributed by atoms with Crippen LogP contribution in [0, 0.1) is 0 Å². The van der Waals surface area contributed by atoms with Crippen LogP contribution in [-0.4, -0.2) is 41.9 Å². The minimum Gasteiger partial charge on any atom is -0.455 e. The summed E-state index contributed by atoms with van der Waals surface area (Å²) in [6.07, 6.45) is 2.58. The van der Waals surface area contributed by atoms with Crippen LogP contribution in [0.5, 0.6) is 0 Å². The smallest absolute Gasteiger partial charge is 0.289 e. The van der Waals surface area contributed by atoms with Crippen molar-refractivity contribution in [2.24, 2.45) is 0 Å². The van der Waals surface area contributed by atoms with Crippen molar-refractivity contribution in [3.05, 3.63) is 23.7 Å². The molecule has 0 saturated carbocycles. The van der Waals surface area contributed by atoms with E-state index in [0.717, 1.165) is 11.5 Å². The zero-order valence-electron chi connectivity index (χ0n) is 10.3. The Morgan fingerprint density at radius 2 is 2.29 bits per heavy atom. The fraction of sp³-hybridized carbons (Fsp3) is 0.583. The zero-order chi connectivity index (χ0) is 12.7. The van der Waals surface area contributed by atoms with Crippen LogP contribution >= 0.6 is 11.8 Å². The molecule has 0 aliphatic heterocycles. The molecule has 0 saturated heterocycles. The van der Waals surface area contributed by atoms with Crippen LogP contribution in [0.4, 0.5) is 0 Å². The van der Waals surface area contributed by atoms with E-state index in [0.29, 0.717) is 25.3 Å². The number of carbonyl (C=O) groups is 1. The van der Waals surface area contributed by atoms with E-state index in [1.54, 1.807) is 22.7 Å². The Bertz CT molecular complexity index is 351. The molecule has 17 heavy (non-hydrogen) atoms. The number of aliphatic hydroxyl groups is 1. The molecule has 1 rings (SSSR count). The summed E-state index contributed by atoms with van der Waals surface area (Å²) in [5.41, 5.74) is 0. The zero-order valence-corrected chi connectivity index (χ0v) is 11.1. The van der Waals surface area contributed by atoms with E-state index in [9.17, 15) is 4.79 Å². The molecule has 1 amide bonds. The molecule has 0 aliphatic rings. The minimum atomic E-state index is -0.103. The molecule has 0 aliphatic carbocycles. The highest BCUT2D eigenvalue weighted by atomic mass is 32.2. The standard InChI is InChI=1S/C12H19NO3S/c1-3-13(7-4-8-14)12(15)11-6-5-10(16-11)9-17-2/h5-6,14H,3-4,7-9H2,1-2H3. The maximum atomic E-state index is 12.0. The van der Waals surface area contributed by atoms with Crippen molar-refractivity contribution in [1.29, 1.82) is 0 Å². The molecule has 1 N–H and O–H groups in total. The predicted molar refractivity (Wildman–Crippen MR) is 69.2 cm³/mol. The quantitative estimate of drug-likeness (QED) is 0.811. The van der Waals surface area contributed by atoms with Gasteiger partial charge in [0.2, 0.25) is 0 Å². The van der Waals surface area contributed by atoms with Gasteiger partial charge < -0.3 is 14.4 Å². The van der Waals surface area contributed by atoms with Crippen LogP contribution in [0.2, 0.25) is 0 Å². The molecule has 4 nitrogen and oxygen atoms in total. The van der Waals surface area contributed by atoms with Gasteiger partial charge >= 0.3 is 0 Å². The summed E-state index contributed by atoms with van der Waals surface area (Å²) in [7, 11) is 0. The van der Waals surface area contributed by atoms with E-state index in [4.69, 9.17) is 9.52 Å². The highest BCUT2D eigenvalue weighted by Gasteiger charge is 2.17. The fourth-order valence-electron chi connectivity index (χ4n) is 1.53. The molecular weight excluding hydrogens is 238 g/mol. The number of thioether (sulfide) groups is 1. The second kappa shape index (κ2) is 7.40. The van der Waals surface area contributed by atoms with Crippen molar-refractivity contribution in [2.75, 3.05) is 26.0 Å². The first kappa shape index (κ1) is 14.1. The topological polar surface area (TPSA) is 53.7 Å². The second-order valence-electron chi connectivity index (χ2n) is 3.66. The molecule has 0 atom stereocenters. The average molecular weight is 257 g/mol. The van der Waals surface area contributed by atoms with E-state index in [1.165, 1.54) is 0 Å². The molecule has 5 heteroatoms. The molecular formula is C12H19NO3S. The number of carbonyl (C=O) groups excluding carboxylic acids is 1. The lowest BCUT2D eigenvalue weighted by molar-refractivity contribution is 0.0721. The predicted octanol–water partition coefficient (Wildman–Crippen LogP) is 1.99. The summed E-state index contributed by atoms with van der Waals surface area (Å²) in [6, 6.07) is 3.55. The third-order valence-electron chi connectivity index (χ3n) is 2.41. The SMILES string of the molecule is CCN(CCCO)C(=O)c1ccc(CSC)o1. The highest BCUT2D eigenvalue weighted by Crippen LogP contribution is 2.15. The van der Waals surface area contributed by atoms with Crippen LogP contribution in [0.15, 0.2) is 16.5 Å². The van der Waals surface area contributed by atoms with E-state index in [1.807, 2.05) is 19.2 Å². The number of furan rings is 1. The summed E-state index contributed by atoms with van der Waals surface area (Å²) in [6.45, 7) is 3.20. The maximum absolute atomic E-state index is 12.0. The fourth-order valence-corrected chi connectivity index (χ4v) is 1.97. The molecule has 0 fully saturated rings. The van der Waals surface area contributed by atoms with Gasteiger partial charge in [0.1, 0.15) is 5.76 Å². The van der Waals surface area contributed by atoms with Crippen LogP contribution in [0.3, 0.4) is 0 Å². The van der Waals surface area contributed by atoms with Crippen LogP contribution in [-0.2, 0) is 5.75 Å². The molecule has 1 aromatic rings. The normalized spacial score (nSPS) is 10.5. The lowest BCUT2D eigenvalue weighted by Gasteiger charge is -2.18. The monoisotopic (exact) mass is 257 g/mol. The number of rotatable bonds is 7. The third kappa shape index (κ3) is 4.09. The van der Waals surface area contributed by atoms with Crippen molar-refractivity contribution in [2.45, 2.75) is 19.1 Å². The van der Waals surface area contributed by atoms with E-state index < -0.39 is 0 Å². The van der Waals surface area contributed by atoms with Crippen molar-refractivity contribution in [1.82, 2.24) is 4.90 Å². The van der Waals surface area contributed by atoms with Crippen LogP contribution in [0.25, 0.3) is 0 Å². The van der Waals surface area contributed by atoms with E-state index in [2.05, 4.69) is 0 Å². The Hall–Kier alpha value is -0.940. The molecule has 96 valence electrons. The van der Waals surface area contributed by atoms with Gasteiger partial charge in [-0.3, -0.25) is 4.79 Å². The van der Waals surface area contributed by atoms with Gasteiger partial charge in [-0.25, -0.2) is 0 Å². The lowest BCUT2D eigenvalue weighted by atomic mass is 10.3. The number of amides is 1. The van der Waals surface area contributed by atoms with Gasteiger partial charge in [-0.1, -0.05) is 0 Å². The number of hydrogen-bond donors (Lipinski definition) is 1. The first-order valence-electron chi connectivity index (χ1n) is 5.70. The van der Waals surface area contributed by atoms with Gasteiger partial charge in [0, 0.05) is 19.7 Å². The largest absolute Gasteiger partial charge is 0.455 e. The Morgan fingerprint density at radius 3 is 2.88 bits per heavy atom. The Labute approximate surface area is 106 Å². The molecule has 0 unspecified atom stereocenters. The van der Waals surface area contributed by atoms with E-state index >= 15 is 0 Å². The van der Waals surface area contributed by atoms with Crippen molar-refractivity contribution < 1.29 is 14.3 Å². The number of hydrogen-bond acceptors (Lipinski definition) is 4. The molecule has 0 bridgehead atoms. The lowest BCUT2D eigenvalue weighted by Crippen LogP contribution is -2.31. The minimum absolute atomic E-state index is 0.0969. The van der Waals surface area contributed by atoms with Gasteiger partial charge in [0.05, 0.1) is 5.75 Å². The van der Waals surface area contributed by atoms with Crippen molar-refractivity contribution >= 4 is 17.7 Å². The Kier molecular flexibility index (Phi) is 6.15. The third-order valence-corrected chi connectivity index (χ3v) is 2.99. The first-order chi connectivity index (χ1) is 8.22. The van der Waals surface area contributed by atoms with Gasteiger partial charge in [-0.05, 0) is 31.7 Å². The number of nitrogens with zero attached hydrogens (tertiary/aromatic N) is 1. The molecule has 0 spiro atoms. The van der Waals surface area contributed by atoms with Crippen molar-refractivity contribution in [3.63, 3.8) is 0 Å². The molecule has 0 aromatic carbocycles. The molecule has 1 heterocycles. The van der Waals surface area contributed by atoms with Gasteiger partial charge in [-0.2, -0.15) is 11.8 Å². The summed E-state index contributed by atoms with van der Waals surface area (Å²) >= 11 is 1.66. The maximum Gasteiger partial charge on any atom is 0.289 e. The summed E-state index contributed by atoms with van der Waals surface area (Å²) < 4.78 is 5.47. The molecule has 0 radical (unpaired) electrons. The Balaban J connectivity index is 2.65.